The van der Waals surface area contributed by atoms with Crippen LogP contribution in [-0.4, -0.2) is 10.2 Å². The molecule has 0 aliphatic carbocycles. The standard InChI is InChI=1S/C18H10Cl2F2O2/c19-9-1-3-11(17(23)5-9)13-7-14(16(22)8-15(13)21)12-4-2-10(20)6-18(12)24/h1-8,23-24H. The summed E-state index contributed by atoms with van der Waals surface area (Å²) in [4.78, 5) is 0. The number of aromatic hydroxyl groups is 2. The molecule has 0 unspecified atom stereocenters. The lowest BCUT2D eigenvalue weighted by Gasteiger charge is -2.12. The number of benzene rings is 3. The first-order valence-corrected chi connectivity index (χ1v) is 7.59. The summed E-state index contributed by atoms with van der Waals surface area (Å²) in [5, 5.41) is 20.5. The molecule has 2 nitrogen and oxygen atoms in total. The molecule has 0 atom stereocenters. The lowest BCUT2D eigenvalue weighted by molar-refractivity contribution is 0.476. The van der Waals surface area contributed by atoms with E-state index in [4.69, 9.17) is 23.2 Å². The predicted octanol–water partition coefficient (Wildman–Crippen LogP) is 6.02. The first-order chi connectivity index (χ1) is 11.4. The fourth-order valence-electron chi connectivity index (χ4n) is 2.43. The topological polar surface area (TPSA) is 40.5 Å². The fourth-order valence-corrected chi connectivity index (χ4v) is 2.76. The van der Waals surface area contributed by atoms with Crippen molar-refractivity contribution in [2.45, 2.75) is 0 Å². The molecular formula is C18H10Cl2F2O2. The second-order valence-electron chi connectivity index (χ2n) is 5.13. The van der Waals surface area contributed by atoms with E-state index >= 15 is 0 Å². The Hall–Kier alpha value is -2.30. The quantitative estimate of drug-likeness (QED) is 0.582. The van der Waals surface area contributed by atoms with Crippen LogP contribution in [-0.2, 0) is 0 Å². The van der Waals surface area contributed by atoms with E-state index in [1.165, 1.54) is 42.5 Å². The average molecular weight is 367 g/mol. The largest absolute Gasteiger partial charge is 0.507 e. The molecule has 0 bridgehead atoms. The van der Waals surface area contributed by atoms with Gasteiger partial charge in [-0.25, -0.2) is 8.78 Å². The molecule has 0 saturated carbocycles. The fraction of sp³-hybridized carbons (Fsp3) is 0. The molecule has 6 heteroatoms. The van der Waals surface area contributed by atoms with Crippen LogP contribution in [0.15, 0.2) is 48.5 Å². The summed E-state index contributed by atoms with van der Waals surface area (Å²) in [7, 11) is 0. The van der Waals surface area contributed by atoms with Gasteiger partial charge in [0.05, 0.1) is 0 Å². The SMILES string of the molecule is Oc1cc(Cl)ccc1-c1cc(-c2ccc(Cl)cc2O)c(F)cc1F. The van der Waals surface area contributed by atoms with Crippen LogP contribution in [0, 0.1) is 11.6 Å². The Kier molecular flexibility index (Phi) is 4.35. The van der Waals surface area contributed by atoms with Crippen molar-refractivity contribution in [1.29, 1.82) is 0 Å². The Morgan fingerprint density at radius 2 is 1.00 bits per heavy atom. The lowest BCUT2D eigenvalue weighted by Crippen LogP contribution is -1.92. The Morgan fingerprint density at radius 1 is 0.583 bits per heavy atom. The van der Waals surface area contributed by atoms with Crippen molar-refractivity contribution >= 4 is 23.2 Å². The first-order valence-electron chi connectivity index (χ1n) is 6.83. The van der Waals surface area contributed by atoms with Gasteiger partial charge in [0.2, 0.25) is 0 Å². The molecule has 0 heterocycles. The molecule has 3 aromatic rings. The van der Waals surface area contributed by atoms with E-state index in [0.717, 1.165) is 0 Å². The number of phenolic OH excluding ortho intramolecular Hbond substituents is 2. The highest BCUT2D eigenvalue weighted by Gasteiger charge is 2.17. The zero-order valence-electron chi connectivity index (χ0n) is 12.0. The average Bonchev–Trinajstić information content (AvgIpc) is 2.49. The van der Waals surface area contributed by atoms with Crippen LogP contribution >= 0.6 is 23.2 Å². The van der Waals surface area contributed by atoms with Crippen molar-refractivity contribution in [1.82, 2.24) is 0 Å². The van der Waals surface area contributed by atoms with Crippen LogP contribution in [0.25, 0.3) is 22.3 Å². The highest BCUT2D eigenvalue weighted by atomic mass is 35.5. The van der Waals surface area contributed by atoms with Gasteiger partial charge in [-0.05, 0) is 42.5 Å². The van der Waals surface area contributed by atoms with Crippen LogP contribution in [0.2, 0.25) is 10.0 Å². The van der Waals surface area contributed by atoms with Crippen molar-refractivity contribution in [2.24, 2.45) is 0 Å². The first kappa shape index (κ1) is 16.6. The molecule has 0 spiro atoms. The van der Waals surface area contributed by atoms with Crippen LogP contribution in [0.4, 0.5) is 8.78 Å². The maximum absolute atomic E-state index is 14.2. The Bertz CT molecular complexity index is 870. The molecular weight excluding hydrogens is 357 g/mol. The van der Waals surface area contributed by atoms with Crippen LogP contribution in [0.5, 0.6) is 11.5 Å². The van der Waals surface area contributed by atoms with E-state index in [1.807, 2.05) is 0 Å². The normalized spacial score (nSPS) is 10.8. The summed E-state index contributed by atoms with van der Waals surface area (Å²) in [5.74, 6) is -2.16. The summed E-state index contributed by atoms with van der Waals surface area (Å²) in [6.07, 6.45) is 0. The minimum absolute atomic E-state index is 0.0186. The van der Waals surface area contributed by atoms with Crippen LogP contribution < -0.4 is 0 Å². The monoisotopic (exact) mass is 366 g/mol. The molecule has 0 aliphatic heterocycles. The van der Waals surface area contributed by atoms with E-state index < -0.39 is 11.6 Å². The van der Waals surface area contributed by atoms with Gasteiger partial charge in [0, 0.05) is 38.4 Å². The van der Waals surface area contributed by atoms with E-state index in [-0.39, 0.29) is 43.8 Å². The van der Waals surface area contributed by atoms with Gasteiger partial charge < -0.3 is 10.2 Å². The molecule has 0 aliphatic rings. The highest BCUT2D eigenvalue weighted by molar-refractivity contribution is 6.31. The second kappa shape index (κ2) is 6.30. The molecule has 0 amide bonds. The molecule has 122 valence electrons. The lowest BCUT2D eigenvalue weighted by atomic mass is 9.97. The zero-order valence-corrected chi connectivity index (χ0v) is 13.5. The molecule has 0 radical (unpaired) electrons. The Morgan fingerprint density at radius 3 is 1.38 bits per heavy atom. The zero-order chi connectivity index (χ0) is 17.4. The molecule has 2 N–H and O–H groups in total. The highest BCUT2D eigenvalue weighted by Crippen LogP contribution is 2.39. The molecule has 3 aromatic carbocycles. The van der Waals surface area contributed by atoms with Gasteiger partial charge >= 0.3 is 0 Å². The van der Waals surface area contributed by atoms with Gasteiger partial charge in [0.25, 0.3) is 0 Å². The van der Waals surface area contributed by atoms with Crippen LogP contribution in [0.3, 0.4) is 0 Å². The summed E-state index contributed by atoms with van der Waals surface area (Å²) < 4.78 is 28.4. The van der Waals surface area contributed by atoms with Crippen molar-refractivity contribution in [2.75, 3.05) is 0 Å². The maximum atomic E-state index is 14.2. The van der Waals surface area contributed by atoms with Crippen molar-refractivity contribution in [3.8, 4) is 33.8 Å². The van der Waals surface area contributed by atoms with E-state index in [2.05, 4.69) is 0 Å². The van der Waals surface area contributed by atoms with Gasteiger partial charge in [-0.3, -0.25) is 0 Å². The van der Waals surface area contributed by atoms with Gasteiger partial charge in [0.1, 0.15) is 23.1 Å². The van der Waals surface area contributed by atoms with E-state index in [1.54, 1.807) is 0 Å². The van der Waals surface area contributed by atoms with Gasteiger partial charge in [0.15, 0.2) is 0 Å². The van der Waals surface area contributed by atoms with Gasteiger partial charge in [-0.1, -0.05) is 23.2 Å². The minimum atomic E-state index is -0.845. The Balaban J connectivity index is 2.23. The third kappa shape index (κ3) is 3.03. The number of hydrogen-bond donors (Lipinski definition) is 2. The smallest absolute Gasteiger partial charge is 0.134 e. The van der Waals surface area contributed by atoms with E-state index in [9.17, 15) is 19.0 Å². The third-order valence-electron chi connectivity index (χ3n) is 3.56. The third-order valence-corrected chi connectivity index (χ3v) is 4.03. The summed E-state index contributed by atoms with van der Waals surface area (Å²) in [5.41, 5.74) is 0.281. The molecule has 3 rings (SSSR count). The second-order valence-corrected chi connectivity index (χ2v) is 6.01. The van der Waals surface area contributed by atoms with Crippen molar-refractivity contribution < 1.29 is 19.0 Å². The van der Waals surface area contributed by atoms with Crippen LogP contribution in [0.1, 0.15) is 0 Å². The molecule has 24 heavy (non-hydrogen) atoms. The van der Waals surface area contributed by atoms with E-state index in [0.29, 0.717) is 6.07 Å². The Labute approximate surface area is 146 Å². The summed E-state index contributed by atoms with van der Waals surface area (Å²) >= 11 is 11.5. The summed E-state index contributed by atoms with van der Waals surface area (Å²) in [6, 6.07) is 10.3. The molecule has 0 saturated heterocycles. The number of halogens is 4. The molecule has 0 fully saturated rings. The van der Waals surface area contributed by atoms with Gasteiger partial charge in [-0.2, -0.15) is 0 Å². The van der Waals surface area contributed by atoms with Crippen molar-refractivity contribution in [3.05, 3.63) is 70.2 Å². The maximum Gasteiger partial charge on any atom is 0.134 e. The summed E-state index contributed by atoms with van der Waals surface area (Å²) in [6.45, 7) is 0. The number of hydrogen-bond acceptors (Lipinski definition) is 2. The van der Waals surface area contributed by atoms with Crippen molar-refractivity contribution in [3.63, 3.8) is 0 Å². The molecule has 0 aromatic heterocycles. The minimum Gasteiger partial charge on any atom is -0.507 e. The number of phenols is 2. The predicted molar refractivity (Wildman–Crippen MR) is 90.6 cm³/mol. The van der Waals surface area contributed by atoms with Gasteiger partial charge in [-0.15, -0.1) is 0 Å². The number of rotatable bonds is 2.